The van der Waals surface area contributed by atoms with E-state index in [1.165, 1.54) is 18.5 Å². The number of carbonyl (C=O) groups excluding carboxylic acids is 1. The van der Waals surface area contributed by atoms with Crippen molar-refractivity contribution in [3.8, 4) is 0 Å². The molecule has 0 amide bonds. The van der Waals surface area contributed by atoms with Gasteiger partial charge in [-0.05, 0) is 26.2 Å². The summed E-state index contributed by atoms with van der Waals surface area (Å²) in [5, 5.41) is 0. The first-order chi connectivity index (χ1) is 8.24. The number of anilines is 1. The Kier molecular flexibility index (Phi) is 2.57. The molecule has 0 aromatic carbocycles. The average Bonchev–Trinajstić information content (AvgIpc) is 3.06. The molecule has 0 bridgehead atoms. The van der Waals surface area contributed by atoms with Gasteiger partial charge in [0.05, 0.1) is 0 Å². The van der Waals surface area contributed by atoms with Crippen LogP contribution in [0.1, 0.15) is 37.8 Å². The van der Waals surface area contributed by atoms with Gasteiger partial charge in [0, 0.05) is 36.7 Å². The lowest BCUT2D eigenvalue weighted by Gasteiger charge is -2.17. The van der Waals surface area contributed by atoms with Gasteiger partial charge >= 0.3 is 0 Å². The molecule has 0 unspecified atom stereocenters. The Balaban J connectivity index is 1.76. The summed E-state index contributed by atoms with van der Waals surface area (Å²) in [5.41, 5.74) is 1.17. The zero-order valence-electron chi connectivity index (χ0n) is 10.1. The van der Waals surface area contributed by atoms with Crippen molar-refractivity contribution < 1.29 is 4.79 Å². The highest BCUT2D eigenvalue weighted by Gasteiger charge is 2.29. The van der Waals surface area contributed by atoms with Crippen molar-refractivity contribution in [3.63, 3.8) is 0 Å². The van der Waals surface area contributed by atoms with Crippen LogP contribution in [0.4, 0.5) is 5.82 Å². The van der Waals surface area contributed by atoms with E-state index in [4.69, 9.17) is 0 Å². The second-order valence-electron chi connectivity index (χ2n) is 5.12. The number of Topliss-reactive ketones (excluding diaryl/α,β-unsaturated/α-hetero) is 1. The topological polar surface area (TPSA) is 46.1 Å². The molecule has 3 rings (SSSR count). The Hall–Kier alpha value is -1.45. The summed E-state index contributed by atoms with van der Waals surface area (Å²) in [7, 11) is 0. The fourth-order valence-electron chi connectivity index (χ4n) is 2.44. The van der Waals surface area contributed by atoms with Gasteiger partial charge in [0.1, 0.15) is 17.9 Å². The number of ketones is 1. The van der Waals surface area contributed by atoms with Gasteiger partial charge in [-0.2, -0.15) is 0 Å². The Labute approximate surface area is 101 Å². The van der Waals surface area contributed by atoms with Crippen molar-refractivity contribution >= 4 is 11.6 Å². The maximum Gasteiger partial charge on any atom is 0.134 e. The van der Waals surface area contributed by atoms with Gasteiger partial charge in [0.15, 0.2) is 0 Å². The molecule has 0 spiro atoms. The first-order valence-electron chi connectivity index (χ1n) is 6.31. The summed E-state index contributed by atoms with van der Waals surface area (Å²) in [6, 6.07) is 2.10. The van der Waals surface area contributed by atoms with E-state index in [1.807, 2.05) is 0 Å². The second-order valence-corrected chi connectivity index (χ2v) is 5.12. The fraction of sp³-hybridized carbons (Fsp3) is 0.615. The third-order valence-electron chi connectivity index (χ3n) is 3.76. The minimum absolute atomic E-state index is 0.189. The SMILES string of the molecule is CC(=O)[C@@H]1CCN(c2cc(C3CC3)ncn2)C1. The number of rotatable bonds is 3. The van der Waals surface area contributed by atoms with Gasteiger partial charge in [0.2, 0.25) is 0 Å². The summed E-state index contributed by atoms with van der Waals surface area (Å²) in [5.74, 6) is 2.13. The summed E-state index contributed by atoms with van der Waals surface area (Å²) < 4.78 is 0. The summed E-state index contributed by atoms with van der Waals surface area (Å²) in [6.07, 6.45) is 5.13. The summed E-state index contributed by atoms with van der Waals surface area (Å²) in [6.45, 7) is 3.44. The van der Waals surface area contributed by atoms with E-state index in [-0.39, 0.29) is 5.92 Å². The van der Waals surface area contributed by atoms with Crippen LogP contribution in [-0.2, 0) is 4.79 Å². The van der Waals surface area contributed by atoms with Crippen LogP contribution in [0.2, 0.25) is 0 Å². The van der Waals surface area contributed by atoms with E-state index in [0.29, 0.717) is 11.7 Å². The van der Waals surface area contributed by atoms with Crippen molar-refractivity contribution in [2.24, 2.45) is 5.92 Å². The molecule has 1 aromatic rings. The molecule has 2 heterocycles. The van der Waals surface area contributed by atoms with Crippen molar-refractivity contribution in [1.82, 2.24) is 9.97 Å². The fourth-order valence-corrected chi connectivity index (χ4v) is 2.44. The van der Waals surface area contributed by atoms with Gasteiger partial charge in [0.25, 0.3) is 0 Å². The third-order valence-corrected chi connectivity index (χ3v) is 3.76. The molecule has 0 radical (unpaired) electrons. The highest BCUT2D eigenvalue weighted by atomic mass is 16.1. The van der Waals surface area contributed by atoms with Gasteiger partial charge in [-0.3, -0.25) is 4.79 Å². The second kappa shape index (κ2) is 4.09. The Morgan fingerprint density at radius 3 is 2.82 bits per heavy atom. The largest absolute Gasteiger partial charge is 0.356 e. The number of carbonyl (C=O) groups is 1. The first-order valence-corrected chi connectivity index (χ1v) is 6.31. The number of nitrogens with zero attached hydrogens (tertiary/aromatic N) is 3. The van der Waals surface area contributed by atoms with Crippen LogP contribution in [0.3, 0.4) is 0 Å². The van der Waals surface area contributed by atoms with Gasteiger partial charge in [-0.25, -0.2) is 9.97 Å². The zero-order valence-corrected chi connectivity index (χ0v) is 10.1. The van der Waals surface area contributed by atoms with E-state index < -0.39 is 0 Å². The Morgan fingerprint density at radius 2 is 2.18 bits per heavy atom. The van der Waals surface area contributed by atoms with Crippen LogP contribution in [0.5, 0.6) is 0 Å². The van der Waals surface area contributed by atoms with E-state index in [0.717, 1.165) is 25.3 Å². The molecule has 1 aromatic heterocycles. The predicted octanol–water partition coefficient (Wildman–Crippen LogP) is 1.77. The summed E-state index contributed by atoms with van der Waals surface area (Å²) in [4.78, 5) is 22.2. The van der Waals surface area contributed by atoms with E-state index in [2.05, 4.69) is 20.9 Å². The molecular weight excluding hydrogens is 214 g/mol. The molecule has 1 saturated heterocycles. The molecule has 2 fully saturated rings. The van der Waals surface area contributed by atoms with Crippen LogP contribution in [0, 0.1) is 5.92 Å². The van der Waals surface area contributed by atoms with Crippen LogP contribution in [0.25, 0.3) is 0 Å². The molecule has 1 saturated carbocycles. The zero-order chi connectivity index (χ0) is 11.8. The Morgan fingerprint density at radius 1 is 1.35 bits per heavy atom. The molecule has 90 valence electrons. The lowest BCUT2D eigenvalue weighted by atomic mass is 10.1. The molecule has 1 atom stereocenters. The Bertz CT molecular complexity index is 442. The first kappa shape index (κ1) is 10.7. The molecule has 0 N–H and O–H groups in total. The van der Waals surface area contributed by atoms with Crippen LogP contribution < -0.4 is 4.90 Å². The molecule has 4 nitrogen and oxygen atoms in total. The maximum absolute atomic E-state index is 11.3. The number of hydrogen-bond donors (Lipinski definition) is 0. The highest BCUT2D eigenvalue weighted by molar-refractivity contribution is 5.79. The quantitative estimate of drug-likeness (QED) is 0.795. The van der Waals surface area contributed by atoms with Gasteiger partial charge in [-0.1, -0.05) is 0 Å². The van der Waals surface area contributed by atoms with E-state index >= 15 is 0 Å². The molecular formula is C13H17N3O. The highest BCUT2D eigenvalue weighted by Crippen LogP contribution is 2.39. The minimum Gasteiger partial charge on any atom is -0.356 e. The molecule has 1 aliphatic carbocycles. The summed E-state index contributed by atoms with van der Waals surface area (Å²) >= 11 is 0. The van der Waals surface area contributed by atoms with Crippen molar-refractivity contribution in [2.45, 2.75) is 32.1 Å². The normalized spacial score (nSPS) is 24.1. The van der Waals surface area contributed by atoms with Gasteiger partial charge < -0.3 is 4.90 Å². The number of hydrogen-bond acceptors (Lipinski definition) is 4. The van der Waals surface area contributed by atoms with Crippen LogP contribution in [0.15, 0.2) is 12.4 Å². The lowest BCUT2D eigenvalue weighted by molar-refractivity contribution is -0.120. The van der Waals surface area contributed by atoms with E-state index in [9.17, 15) is 4.79 Å². The maximum atomic E-state index is 11.3. The number of aromatic nitrogens is 2. The predicted molar refractivity (Wildman–Crippen MR) is 65.0 cm³/mol. The van der Waals surface area contributed by atoms with Crippen LogP contribution in [-0.4, -0.2) is 28.8 Å². The van der Waals surface area contributed by atoms with Crippen molar-refractivity contribution in [2.75, 3.05) is 18.0 Å². The molecule has 4 heteroatoms. The van der Waals surface area contributed by atoms with Crippen LogP contribution >= 0.6 is 0 Å². The smallest absolute Gasteiger partial charge is 0.134 e. The van der Waals surface area contributed by atoms with Crippen molar-refractivity contribution in [3.05, 3.63) is 18.1 Å². The lowest BCUT2D eigenvalue weighted by Crippen LogP contribution is -2.23. The monoisotopic (exact) mass is 231 g/mol. The minimum atomic E-state index is 0.189. The van der Waals surface area contributed by atoms with Crippen molar-refractivity contribution in [1.29, 1.82) is 0 Å². The molecule has 2 aliphatic rings. The average molecular weight is 231 g/mol. The molecule has 1 aliphatic heterocycles. The third kappa shape index (κ3) is 2.16. The molecule has 17 heavy (non-hydrogen) atoms. The standard InChI is InChI=1S/C13H17N3O/c1-9(17)11-4-5-16(7-11)13-6-12(10-2-3-10)14-8-15-13/h6,8,10-11H,2-5,7H2,1H3/t11-/m1/s1. The van der Waals surface area contributed by atoms with Gasteiger partial charge in [-0.15, -0.1) is 0 Å². The van der Waals surface area contributed by atoms with E-state index in [1.54, 1.807) is 13.3 Å².